The van der Waals surface area contributed by atoms with E-state index in [1.807, 2.05) is 24.3 Å². The smallest absolute Gasteiger partial charge is 0.264 e. The number of nitrogens with zero attached hydrogens (tertiary/aromatic N) is 2. The highest BCUT2D eigenvalue weighted by Gasteiger charge is 2.36. The SMILES string of the molecule is CN1C(=O)C(=C2CCCC2)c2cc(S(=O)(=O)N3CCc4ccccc43)ccc21. The fraction of sp³-hybridized carbons (Fsp3) is 0.318. The molecule has 1 aliphatic carbocycles. The van der Waals surface area contributed by atoms with Crippen molar-refractivity contribution >= 4 is 32.9 Å². The lowest BCUT2D eigenvalue weighted by Crippen LogP contribution is -2.29. The van der Waals surface area contributed by atoms with Crippen LogP contribution in [0.25, 0.3) is 5.57 Å². The molecule has 1 amide bonds. The Morgan fingerprint density at radius 1 is 0.929 bits per heavy atom. The number of hydrogen-bond acceptors (Lipinski definition) is 3. The zero-order chi connectivity index (χ0) is 19.5. The van der Waals surface area contributed by atoms with Crippen molar-refractivity contribution in [3.8, 4) is 0 Å². The molecule has 0 atom stereocenters. The number of likely N-dealkylation sites (N-methyl/N-ethyl adjacent to an activating group) is 1. The lowest BCUT2D eigenvalue weighted by Gasteiger charge is -2.20. The Hall–Kier alpha value is -2.60. The summed E-state index contributed by atoms with van der Waals surface area (Å²) >= 11 is 0. The van der Waals surface area contributed by atoms with Crippen LogP contribution in [-0.4, -0.2) is 27.9 Å². The van der Waals surface area contributed by atoms with Gasteiger partial charge in [0.05, 0.1) is 16.3 Å². The Labute approximate surface area is 165 Å². The van der Waals surface area contributed by atoms with Crippen LogP contribution in [0.5, 0.6) is 0 Å². The van der Waals surface area contributed by atoms with Gasteiger partial charge in [-0.3, -0.25) is 9.10 Å². The van der Waals surface area contributed by atoms with Gasteiger partial charge in [0.25, 0.3) is 15.9 Å². The first-order valence-electron chi connectivity index (χ1n) is 9.73. The molecule has 2 heterocycles. The van der Waals surface area contributed by atoms with Crippen LogP contribution < -0.4 is 9.21 Å². The third-order valence-corrected chi connectivity index (χ3v) is 7.92. The van der Waals surface area contributed by atoms with Crippen molar-refractivity contribution in [2.75, 3.05) is 22.8 Å². The van der Waals surface area contributed by atoms with Gasteiger partial charge >= 0.3 is 0 Å². The quantitative estimate of drug-likeness (QED) is 0.729. The van der Waals surface area contributed by atoms with Crippen LogP contribution in [0.3, 0.4) is 0 Å². The van der Waals surface area contributed by atoms with E-state index in [-0.39, 0.29) is 10.8 Å². The number of fused-ring (bicyclic) bond motifs is 2. The molecule has 5 rings (SSSR count). The molecule has 0 saturated heterocycles. The second kappa shape index (κ2) is 6.21. The van der Waals surface area contributed by atoms with Gasteiger partial charge in [0.2, 0.25) is 0 Å². The van der Waals surface area contributed by atoms with Crippen LogP contribution >= 0.6 is 0 Å². The minimum Gasteiger partial charge on any atom is -0.311 e. The molecule has 1 fully saturated rings. The molecular formula is C22H22N2O3S. The third kappa shape index (κ3) is 2.44. The Bertz CT molecular complexity index is 1130. The van der Waals surface area contributed by atoms with E-state index in [4.69, 9.17) is 0 Å². The second-order valence-electron chi connectivity index (χ2n) is 7.68. The van der Waals surface area contributed by atoms with Gasteiger partial charge in [-0.15, -0.1) is 0 Å². The first-order valence-corrected chi connectivity index (χ1v) is 11.2. The van der Waals surface area contributed by atoms with Crippen molar-refractivity contribution in [3.63, 3.8) is 0 Å². The van der Waals surface area contributed by atoms with Crippen molar-refractivity contribution in [3.05, 3.63) is 59.2 Å². The van der Waals surface area contributed by atoms with Gasteiger partial charge in [-0.25, -0.2) is 8.42 Å². The minimum atomic E-state index is -3.67. The lowest BCUT2D eigenvalue weighted by molar-refractivity contribution is -0.112. The number of allylic oxidation sites excluding steroid dienone is 1. The van der Waals surface area contributed by atoms with Crippen molar-refractivity contribution in [1.82, 2.24) is 0 Å². The van der Waals surface area contributed by atoms with Crippen LogP contribution in [0.2, 0.25) is 0 Å². The maximum absolute atomic E-state index is 13.4. The summed E-state index contributed by atoms with van der Waals surface area (Å²) < 4.78 is 28.3. The molecule has 6 heteroatoms. The standard InChI is InChI=1S/C22H22N2O3S/c1-23-20-11-10-17(14-18(20)21(22(23)25)16-7-2-3-8-16)28(26,27)24-13-12-15-6-4-5-9-19(15)24/h4-6,9-11,14H,2-3,7-8,12-13H2,1H3. The molecule has 2 aliphatic heterocycles. The highest BCUT2D eigenvalue weighted by Crippen LogP contribution is 2.43. The van der Waals surface area contributed by atoms with E-state index in [2.05, 4.69) is 0 Å². The largest absolute Gasteiger partial charge is 0.311 e. The molecule has 28 heavy (non-hydrogen) atoms. The number of benzene rings is 2. The molecule has 2 aromatic rings. The van der Waals surface area contributed by atoms with E-state index in [0.717, 1.165) is 60.2 Å². The van der Waals surface area contributed by atoms with Gasteiger partial charge in [0, 0.05) is 24.7 Å². The summed E-state index contributed by atoms with van der Waals surface area (Å²) in [6, 6.07) is 12.7. The first kappa shape index (κ1) is 17.5. The summed E-state index contributed by atoms with van der Waals surface area (Å²) in [6.45, 7) is 0.450. The van der Waals surface area contributed by atoms with Gasteiger partial charge < -0.3 is 4.90 Å². The number of sulfonamides is 1. The number of para-hydroxylation sites is 1. The predicted octanol–water partition coefficient (Wildman–Crippen LogP) is 3.74. The molecule has 0 N–H and O–H groups in total. The molecule has 0 unspecified atom stereocenters. The monoisotopic (exact) mass is 394 g/mol. The summed E-state index contributed by atoms with van der Waals surface area (Å²) in [6.07, 6.45) is 4.74. The molecule has 0 aromatic heterocycles. The average Bonchev–Trinajstić information content (AvgIpc) is 3.41. The van der Waals surface area contributed by atoms with E-state index < -0.39 is 10.0 Å². The topological polar surface area (TPSA) is 57.7 Å². The first-order chi connectivity index (χ1) is 13.5. The molecule has 5 nitrogen and oxygen atoms in total. The minimum absolute atomic E-state index is 0.0204. The van der Waals surface area contributed by atoms with Crippen molar-refractivity contribution < 1.29 is 13.2 Å². The van der Waals surface area contributed by atoms with Crippen LogP contribution in [0, 0.1) is 0 Å². The van der Waals surface area contributed by atoms with E-state index in [1.165, 1.54) is 4.31 Å². The van der Waals surface area contributed by atoms with E-state index >= 15 is 0 Å². The molecule has 3 aliphatic rings. The van der Waals surface area contributed by atoms with Gasteiger partial charge in [-0.05, 0) is 61.9 Å². The molecule has 0 radical (unpaired) electrons. The fourth-order valence-corrected chi connectivity index (χ4v) is 6.17. The number of hydrogen-bond donors (Lipinski definition) is 0. The molecular weight excluding hydrogens is 372 g/mol. The van der Waals surface area contributed by atoms with Gasteiger partial charge in [-0.2, -0.15) is 0 Å². The van der Waals surface area contributed by atoms with E-state index in [0.29, 0.717) is 12.1 Å². The lowest BCUT2D eigenvalue weighted by atomic mass is 10.00. The van der Waals surface area contributed by atoms with Crippen molar-refractivity contribution in [2.24, 2.45) is 0 Å². The summed E-state index contributed by atoms with van der Waals surface area (Å²) in [7, 11) is -1.92. The van der Waals surface area contributed by atoms with Crippen LogP contribution in [0.1, 0.15) is 36.8 Å². The fourth-order valence-electron chi connectivity index (χ4n) is 4.64. The zero-order valence-electron chi connectivity index (χ0n) is 15.8. The summed E-state index contributed by atoms with van der Waals surface area (Å²) in [5.41, 5.74) is 5.24. The van der Waals surface area contributed by atoms with E-state index in [9.17, 15) is 13.2 Å². The van der Waals surface area contributed by atoms with Gasteiger partial charge in [0.15, 0.2) is 0 Å². The van der Waals surface area contributed by atoms with Crippen LogP contribution in [0.4, 0.5) is 11.4 Å². The molecule has 0 spiro atoms. The second-order valence-corrected chi connectivity index (χ2v) is 9.55. The van der Waals surface area contributed by atoms with Crippen LogP contribution in [-0.2, 0) is 21.2 Å². The molecule has 2 aromatic carbocycles. The Morgan fingerprint density at radius 2 is 1.68 bits per heavy atom. The van der Waals surface area contributed by atoms with Gasteiger partial charge in [0.1, 0.15) is 0 Å². The molecule has 1 saturated carbocycles. The van der Waals surface area contributed by atoms with Crippen LogP contribution in [0.15, 0.2) is 52.9 Å². The summed E-state index contributed by atoms with van der Waals surface area (Å²) in [5, 5.41) is 0. The maximum Gasteiger partial charge on any atom is 0.264 e. The number of rotatable bonds is 2. The van der Waals surface area contributed by atoms with Crippen molar-refractivity contribution in [2.45, 2.75) is 37.0 Å². The molecule has 0 bridgehead atoms. The van der Waals surface area contributed by atoms with E-state index in [1.54, 1.807) is 30.1 Å². The molecule has 144 valence electrons. The average molecular weight is 394 g/mol. The van der Waals surface area contributed by atoms with Crippen molar-refractivity contribution in [1.29, 1.82) is 0 Å². The highest BCUT2D eigenvalue weighted by molar-refractivity contribution is 7.92. The maximum atomic E-state index is 13.4. The normalized spacial score (nSPS) is 18.8. The Morgan fingerprint density at radius 3 is 2.46 bits per heavy atom. The Kier molecular flexibility index (Phi) is 3.88. The third-order valence-electron chi connectivity index (χ3n) is 6.11. The zero-order valence-corrected chi connectivity index (χ0v) is 16.6. The number of carbonyl (C=O) groups excluding carboxylic acids is 1. The predicted molar refractivity (Wildman–Crippen MR) is 110 cm³/mol. The number of amides is 1. The summed E-state index contributed by atoms with van der Waals surface area (Å²) in [4.78, 5) is 14.7. The Balaban J connectivity index is 1.62. The van der Waals surface area contributed by atoms with Gasteiger partial charge in [-0.1, -0.05) is 23.8 Å². The highest BCUT2D eigenvalue weighted by atomic mass is 32.2. The number of anilines is 2. The summed E-state index contributed by atoms with van der Waals surface area (Å²) in [5.74, 6) is -0.0204. The number of carbonyl (C=O) groups is 1.